The number of hydrogen-bond donors (Lipinski definition) is 0. The summed E-state index contributed by atoms with van der Waals surface area (Å²) in [5.74, 6) is 2.24. The fourth-order valence-electron chi connectivity index (χ4n) is 2.99. The van der Waals surface area contributed by atoms with Gasteiger partial charge in [0, 0.05) is 30.1 Å². The van der Waals surface area contributed by atoms with Crippen LogP contribution >= 0.6 is 11.8 Å². The quantitative estimate of drug-likeness (QED) is 0.356. The van der Waals surface area contributed by atoms with Gasteiger partial charge in [-0.2, -0.15) is 0 Å². The molecule has 3 aromatic rings. The van der Waals surface area contributed by atoms with E-state index >= 15 is 0 Å². The number of nitrogens with zero attached hydrogens (tertiary/aromatic N) is 4. The van der Waals surface area contributed by atoms with Crippen molar-refractivity contribution in [1.29, 1.82) is 0 Å². The molecule has 0 amide bonds. The van der Waals surface area contributed by atoms with Crippen molar-refractivity contribution in [2.45, 2.75) is 25.0 Å². The maximum atomic E-state index is 12.9. The fraction of sp³-hybridized carbons (Fsp3) is 0.333. The molecule has 0 aliphatic rings. The van der Waals surface area contributed by atoms with Gasteiger partial charge in [-0.25, -0.2) is 0 Å². The van der Waals surface area contributed by atoms with E-state index in [1.165, 1.54) is 33.1 Å². The smallest absolute Gasteiger partial charge is 0.203 e. The number of ketones is 1. The summed E-state index contributed by atoms with van der Waals surface area (Å²) in [4.78, 5) is 16.9. The molecular weight excluding hydrogens is 404 g/mol. The molecule has 0 atom stereocenters. The molecule has 0 spiro atoms. The van der Waals surface area contributed by atoms with Crippen molar-refractivity contribution in [3.8, 4) is 28.6 Å². The summed E-state index contributed by atoms with van der Waals surface area (Å²) in [6, 6.07) is 7.10. The second kappa shape index (κ2) is 10.1. The maximum Gasteiger partial charge on any atom is 0.203 e. The van der Waals surface area contributed by atoms with E-state index in [1.807, 2.05) is 16.7 Å². The molecule has 3 rings (SSSR count). The van der Waals surface area contributed by atoms with Gasteiger partial charge in [0.1, 0.15) is 0 Å². The fourth-order valence-corrected chi connectivity index (χ4v) is 3.85. The molecule has 2 heterocycles. The van der Waals surface area contributed by atoms with Gasteiger partial charge < -0.3 is 18.8 Å². The second-order valence-electron chi connectivity index (χ2n) is 6.32. The minimum absolute atomic E-state index is 0.0734. The van der Waals surface area contributed by atoms with Crippen LogP contribution in [0, 0.1) is 0 Å². The van der Waals surface area contributed by atoms with Gasteiger partial charge in [0.25, 0.3) is 0 Å². The van der Waals surface area contributed by atoms with E-state index in [1.54, 1.807) is 24.5 Å². The molecule has 1 aromatic carbocycles. The summed E-state index contributed by atoms with van der Waals surface area (Å²) < 4.78 is 18.0. The highest BCUT2D eigenvalue weighted by Crippen LogP contribution is 2.38. The highest BCUT2D eigenvalue weighted by molar-refractivity contribution is 7.99. The third kappa shape index (κ3) is 4.56. The highest BCUT2D eigenvalue weighted by atomic mass is 32.2. The number of benzene rings is 1. The third-order valence-corrected chi connectivity index (χ3v) is 5.39. The van der Waals surface area contributed by atoms with Crippen LogP contribution in [0.4, 0.5) is 0 Å². The molecule has 158 valence electrons. The number of carbonyl (C=O) groups is 1. The number of ether oxygens (including phenoxy) is 3. The summed E-state index contributed by atoms with van der Waals surface area (Å²) in [6.07, 6.45) is 4.37. The van der Waals surface area contributed by atoms with Gasteiger partial charge in [-0.1, -0.05) is 18.7 Å². The van der Waals surface area contributed by atoms with Crippen LogP contribution in [0.1, 0.15) is 23.7 Å². The lowest BCUT2D eigenvalue weighted by Gasteiger charge is -2.13. The first-order chi connectivity index (χ1) is 14.6. The van der Waals surface area contributed by atoms with Crippen molar-refractivity contribution < 1.29 is 19.0 Å². The largest absolute Gasteiger partial charge is 0.493 e. The standard InChI is InChI=1S/C21H24N4O4S/c1-5-10-25-20(14-6-8-22-9-7-14)23-24-21(25)30-13-16(26)15-11-17(27-2)19(29-4)18(12-15)28-3/h6-9,11-12H,5,10,13H2,1-4H3. The summed E-state index contributed by atoms with van der Waals surface area (Å²) in [5, 5.41) is 9.33. The van der Waals surface area contributed by atoms with Crippen LogP contribution in [0.2, 0.25) is 0 Å². The van der Waals surface area contributed by atoms with Crippen molar-refractivity contribution in [2.24, 2.45) is 0 Å². The molecule has 2 aromatic heterocycles. The average molecular weight is 429 g/mol. The van der Waals surface area contributed by atoms with Gasteiger partial charge in [-0.3, -0.25) is 9.78 Å². The molecule has 0 fully saturated rings. The number of carbonyl (C=O) groups excluding carboxylic acids is 1. The Hall–Kier alpha value is -3.07. The number of Topliss-reactive ketones (excluding diaryl/α,β-unsaturated/α-hetero) is 1. The van der Waals surface area contributed by atoms with E-state index in [9.17, 15) is 4.79 Å². The monoisotopic (exact) mass is 428 g/mol. The molecular formula is C21H24N4O4S. The predicted molar refractivity (Wildman–Crippen MR) is 115 cm³/mol. The van der Waals surface area contributed by atoms with Crippen LogP contribution in [0.25, 0.3) is 11.4 Å². The molecule has 0 bridgehead atoms. The van der Waals surface area contributed by atoms with Crippen LogP contribution < -0.4 is 14.2 Å². The number of rotatable bonds is 10. The molecule has 0 saturated heterocycles. The van der Waals surface area contributed by atoms with Gasteiger partial charge in [0.2, 0.25) is 5.75 Å². The molecule has 0 aliphatic carbocycles. The Bertz CT molecular complexity index is 982. The van der Waals surface area contributed by atoms with Gasteiger partial charge >= 0.3 is 0 Å². The Morgan fingerprint density at radius 3 is 2.27 bits per heavy atom. The molecule has 8 nitrogen and oxygen atoms in total. The lowest BCUT2D eigenvalue weighted by atomic mass is 10.1. The Morgan fingerprint density at radius 1 is 1.03 bits per heavy atom. The first kappa shape index (κ1) is 21.6. The SMILES string of the molecule is CCCn1c(SCC(=O)c2cc(OC)c(OC)c(OC)c2)nnc1-c1ccncc1. The van der Waals surface area contributed by atoms with Crippen molar-refractivity contribution in [1.82, 2.24) is 19.7 Å². The molecule has 0 saturated carbocycles. The third-order valence-electron chi connectivity index (χ3n) is 4.42. The predicted octanol–water partition coefficient (Wildman–Crippen LogP) is 3.75. The van der Waals surface area contributed by atoms with Crippen LogP contribution in [0.5, 0.6) is 17.2 Å². The van der Waals surface area contributed by atoms with E-state index in [0.717, 1.165) is 24.4 Å². The van der Waals surface area contributed by atoms with Crippen LogP contribution in [-0.4, -0.2) is 52.6 Å². The summed E-state index contributed by atoms with van der Waals surface area (Å²) in [6.45, 7) is 2.84. The second-order valence-corrected chi connectivity index (χ2v) is 7.26. The summed E-state index contributed by atoms with van der Waals surface area (Å²) in [7, 11) is 4.57. The van der Waals surface area contributed by atoms with E-state index in [-0.39, 0.29) is 11.5 Å². The molecule has 0 unspecified atom stereocenters. The zero-order valence-corrected chi connectivity index (χ0v) is 18.2. The zero-order chi connectivity index (χ0) is 21.5. The van der Waals surface area contributed by atoms with E-state index in [2.05, 4.69) is 22.1 Å². The van der Waals surface area contributed by atoms with Crippen LogP contribution in [0.15, 0.2) is 41.8 Å². The number of aromatic nitrogens is 4. The van der Waals surface area contributed by atoms with E-state index in [0.29, 0.717) is 28.0 Å². The summed E-state index contributed by atoms with van der Waals surface area (Å²) >= 11 is 1.35. The summed E-state index contributed by atoms with van der Waals surface area (Å²) in [5.41, 5.74) is 1.42. The minimum atomic E-state index is -0.0734. The lowest BCUT2D eigenvalue weighted by Crippen LogP contribution is -2.07. The Labute approximate surface area is 179 Å². The molecule has 0 radical (unpaired) electrons. The van der Waals surface area contributed by atoms with Crippen molar-refractivity contribution >= 4 is 17.5 Å². The van der Waals surface area contributed by atoms with Gasteiger partial charge in [-0.15, -0.1) is 10.2 Å². The van der Waals surface area contributed by atoms with Crippen LogP contribution in [-0.2, 0) is 6.54 Å². The first-order valence-electron chi connectivity index (χ1n) is 9.42. The molecule has 9 heteroatoms. The highest BCUT2D eigenvalue weighted by Gasteiger charge is 2.19. The number of pyridine rings is 1. The van der Waals surface area contributed by atoms with E-state index < -0.39 is 0 Å². The first-order valence-corrected chi connectivity index (χ1v) is 10.4. The maximum absolute atomic E-state index is 12.9. The molecule has 0 aliphatic heterocycles. The van der Waals surface area contributed by atoms with Crippen LogP contribution in [0.3, 0.4) is 0 Å². The molecule has 30 heavy (non-hydrogen) atoms. The normalized spacial score (nSPS) is 10.7. The van der Waals surface area contributed by atoms with Crippen molar-refractivity contribution in [2.75, 3.05) is 27.1 Å². The molecule has 0 N–H and O–H groups in total. The van der Waals surface area contributed by atoms with Gasteiger partial charge in [0.15, 0.2) is 28.3 Å². The van der Waals surface area contributed by atoms with Crippen molar-refractivity contribution in [3.63, 3.8) is 0 Å². The number of hydrogen-bond acceptors (Lipinski definition) is 8. The minimum Gasteiger partial charge on any atom is -0.493 e. The topological polar surface area (TPSA) is 88.4 Å². The average Bonchev–Trinajstić information content (AvgIpc) is 3.19. The number of thioether (sulfide) groups is 1. The van der Waals surface area contributed by atoms with E-state index in [4.69, 9.17) is 14.2 Å². The van der Waals surface area contributed by atoms with Gasteiger partial charge in [-0.05, 0) is 30.7 Å². The lowest BCUT2D eigenvalue weighted by molar-refractivity contribution is 0.102. The Kier molecular flexibility index (Phi) is 7.29. The van der Waals surface area contributed by atoms with Crippen molar-refractivity contribution in [3.05, 3.63) is 42.2 Å². The van der Waals surface area contributed by atoms with Gasteiger partial charge in [0.05, 0.1) is 27.1 Å². The Morgan fingerprint density at radius 2 is 1.70 bits per heavy atom. The zero-order valence-electron chi connectivity index (χ0n) is 17.4. The Balaban J connectivity index is 1.82. The number of methoxy groups -OCH3 is 3.